The lowest BCUT2D eigenvalue weighted by atomic mass is 9.47. The molecule has 1 spiro atoms. The Balaban J connectivity index is 1.31. The fourth-order valence-corrected chi connectivity index (χ4v) is 13.6. The van der Waals surface area contributed by atoms with E-state index in [2.05, 4.69) is 81.3 Å². The summed E-state index contributed by atoms with van der Waals surface area (Å²) in [4.78, 5) is 52.9. The molecular formula is C50H65N5O8. The zero-order valence-corrected chi connectivity index (χ0v) is 38.1. The number of carbonyl (C=O) groups is 3. The summed E-state index contributed by atoms with van der Waals surface area (Å²) in [5.74, 6) is -0.329. The van der Waals surface area contributed by atoms with Gasteiger partial charge in [0.2, 0.25) is 0 Å². The van der Waals surface area contributed by atoms with Crippen LogP contribution in [0.15, 0.2) is 60.2 Å². The number of hydrogen-bond acceptors (Lipinski definition) is 11. The second-order valence-corrected chi connectivity index (χ2v) is 19.0. The number of anilines is 1. The predicted molar refractivity (Wildman–Crippen MR) is 241 cm³/mol. The molecule has 2 aromatic carbocycles. The fraction of sp³-hybridized carbons (Fsp3) is 0.580. The smallest absolute Gasteiger partial charge is 0.407 e. The number of nitrogens with zero attached hydrogens (tertiary/aromatic N) is 3. The van der Waals surface area contributed by atoms with Gasteiger partial charge in [0.25, 0.3) is 0 Å². The number of likely N-dealkylation sites (N-methyl/N-ethyl adjacent to an activating group) is 1. The molecule has 13 nitrogen and oxygen atoms in total. The van der Waals surface area contributed by atoms with Gasteiger partial charge in [0.15, 0.2) is 5.60 Å². The number of aliphatic hydroxyl groups is 1. The molecule has 3 unspecified atom stereocenters. The highest BCUT2D eigenvalue weighted by Gasteiger charge is 2.78. The average Bonchev–Trinajstić information content (AvgIpc) is 3.95. The minimum Gasteiger partial charge on any atom is -0.496 e. The number of esters is 2. The van der Waals surface area contributed by atoms with Gasteiger partial charge >= 0.3 is 18.0 Å². The lowest BCUT2D eigenvalue weighted by Gasteiger charge is -2.64. The number of aromatic amines is 1. The maximum atomic E-state index is 15.4. The summed E-state index contributed by atoms with van der Waals surface area (Å²) in [6.07, 6.45) is 9.96. The van der Waals surface area contributed by atoms with Crippen LogP contribution in [0.1, 0.15) is 88.6 Å². The fourth-order valence-electron chi connectivity index (χ4n) is 13.6. The number of methoxy groups -OCH3 is 2. The predicted octanol–water partition coefficient (Wildman–Crippen LogP) is 6.15. The maximum absolute atomic E-state index is 15.4. The Bertz CT molecular complexity index is 2360. The van der Waals surface area contributed by atoms with E-state index in [0.717, 1.165) is 85.3 Å². The Morgan fingerprint density at radius 1 is 1.05 bits per heavy atom. The van der Waals surface area contributed by atoms with Crippen LogP contribution in [0.25, 0.3) is 10.9 Å². The number of nitrogens with one attached hydrogen (secondary N) is 2. The molecule has 1 saturated heterocycles. The second kappa shape index (κ2) is 16.3. The van der Waals surface area contributed by atoms with Crippen LogP contribution < -0.4 is 15.0 Å². The standard InChI is InChI=1S/C50H65N5O8/c1-8-11-20-51-46(58)62-30-50(59)43-48(19-23-55-21-14-18-47(10-3,42(48)55)44(50)63-31(4)56)36-25-37(40(60-6)26-39(36)53(43)5)49(45(57)61-7)27-33-24-32(9-2)28-54(29-33)22-17-35-34-15-12-13-16-38(34)52-41(35)49/h12-16,18,24-26,33,42-44,52,59H,8-11,17,19-23,27-30H2,1-7H3,(H,51,58)/t33-,42?,43+,44+,47+,48+,49-,50?/m0/s1. The van der Waals surface area contributed by atoms with Crippen molar-refractivity contribution in [2.45, 2.75) is 107 Å². The molecule has 338 valence electrons. The Hall–Kier alpha value is -4.85. The summed E-state index contributed by atoms with van der Waals surface area (Å²) in [5, 5.41) is 17.7. The van der Waals surface area contributed by atoms with Crippen molar-refractivity contribution in [3.05, 3.63) is 82.6 Å². The van der Waals surface area contributed by atoms with Crippen LogP contribution in [0.3, 0.4) is 0 Å². The molecular weight excluding hydrogens is 799 g/mol. The number of hydrogen-bond donors (Lipinski definition) is 3. The third-order valence-electron chi connectivity index (χ3n) is 15.9. The maximum Gasteiger partial charge on any atom is 0.407 e. The van der Waals surface area contributed by atoms with E-state index in [1.54, 1.807) is 7.11 Å². The first-order valence-corrected chi connectivity index (χ1v) is 23.1. The van der Waals surface area contributed by atoms with Crippen molar-refractivity contribution >= 4 is 34.6 Å². The molecule has 13 heteroatoms. The van der Waals surface area contributed by atoms with Crippen molar-refractivity contribution < 1.29 is 38.4 Å². The second-order valence-electron chi connectivity index (χ2n) is 19.0. The number of unbranched alkanes of at least 4 members (excludes halogenated alkanes) is 1. The highest BCUT2D eigenvalue weighted by Crippen LogP contribution is 2.68. The van der Waals surface area contributed by atoms with Gasteiger partial charge in [-0.1, -0.05) is 69.2 Å². The van der Waals surface area contributed by atoms with E-state index in [4.69, 9.17) is 18.9 Å². The van der Waals surface area contributed by atoms with Gasteiger partial charge in [-0.05, 0) is 74.2 Å². The van der Waals surface area contributed by atoms with Crippen molar-refractivity contribution in [1.82, 2.24) is 20.1 Å². The summed E-state index contributed by atoms with van der Waals surface area (Å²) in [6.45, 7) is 11.7. The molecule has 2 fully saturated rings. The van der Waals surface area contributed by atoms with Crippen LogP contribution in [0, 0.1) is 11.3 Å². The summed E-state index contributed by atoms with van der Waals surface area (Å²) < 4.78 is 24.8. The van der Waals surface area contributed by atoms with E-state index in [9.17, 15) is 14.7 Å². The van der Waals surface area contributed by atoms with E-state index in [0.29, 0.717) is 43.7 Å². The first kappa shape index (κ1) is 43.4. The van der Waals surface area contributed by atoms with E-state index in [1.165, 1.54) is 19.6 Å². The minimum absolute atomic E-state index is 0.0276. The van der Waals surface area contributed by atoms with Gasteiger partial charge in [0.05, 0.1) is 20.3 Å². The number of amides is 1. The Morgan fingerprint density at radius 2 is 1.86 bits per heavy atom. The quantitative estimate of drug-likeness (QED) is 0.0884. The summed E-state index contributed by atoms with van der Waals surface area (Å²) in [6, 6.07) is 11.6. The third-order valence-corrected chi connectivity index (χ3v) is 15.9. The average molecular weight is 864 g/mol. The monoisotopic (exact) mass is 863 g/mol. The lowest BCUT2D eigenvalue weighted by Crippen LogP contribution is -2.80. The van der Waals surface area contributed by atoms with Crippen LogP contribution in [0.4, 0.5) is 10.5 Å². The number of benzene rings is 2. The molecule has 3 aromatic rings. The molecule has 3 N–H and O–H groups in total. The Labute approximate surface area is 371 Å². The van der Waals surface area contributed by atoms with E-state index < -0.39 is 52.7 Å². The van der Waals surface area contributed by atoms with Gasteiger partial charge in [-0.25, -0.2) is 4.79 Å². The van der Waals surface area contributed by atoms with Crippen LogP contribution >= 0.6 is 0 Å². The molecule has 1 aliphatic carbocycles. The largest absolute Gasteiger partial charge is 0.496 e. The molecule has 9 atom stereocenters. The molecule has 5 aliphatic heterocycles. The zero-order chi connectivity index (χ0) is 44.5. The number of fused-ring (bicyclic) bond motifs is 6. The number of rotatable bonds is 11. The number of H-pyrrole nitrogens is 1. The normalized spacial score (nSPS) is 32.9. The first-order valence-electron chi connectivity index (χ1n) is 23.1. The van der Waals surface area contributed by atoms with Gasteiger partial charge in [-0.2, -0.15) is 0 Å². The number of ether oxygens (including phenoxy) is 4. The molecule has 0 radical (unpaired) electrons. The van der Waals surface area contributed by atoms with Crippen molar-refractivity contribution in [2.75, 3.05) is 72.0 Å². The summed E-state index contributed by atoms with van der Waals surface area (Å²) in [5.41, 5.74) is 1.91. The lowest BCUT2D eigenvalue weighted by molar-refractivity contribution is -0.228. The topological polar surface area (TPSA) is 146 Å². The first-order chi connectivity index (χ1) is 30.4. The van der Waals surface area contributed by atoms with Crippen molar-refractivity contribution in [1.29, 1.82) is 0 Å². The molecule has 1 aromatic heterocycles. The van der Waals surface area contributed by atoms with Crippen LogP contribution in [0.2, 0.25) is 0 Å². The molecule has 1 saturated carbocycles. The van der Waals surface area contributed by atoms with Gasteiger partial charge in [-0.15, -0.1) is 0 Å². The van der Waals surface area contributed by atoms with Gasteiger partial charge in [0, 0.05) is 97.5 Å². The number of carbonyl (C=O) groups excluding carboxylic acids is 3. The molecule has 2 bridgehead atoms. The van der Waals surface area contributed by atoms with Gasteiger partial charge < -0.3 is 39.3 Å². The minimum atomic E-state index is -1.88. The Kier molecular flexibility index (Phi) is 11.2. The molecule has 63 heavy (non-hydrogen) atoms. The zero-order valence-electron chi connectivity index (χ0n) is 38.1. The van der Waals surface area contributed by atoms with E-state index in [1.807, 2.05) is 26.1 Å². The van der Waals surface area contributed by atoms with Crippen LogP contribution in [0.5, 0.6) is 5.75 Å². The van der Waals surface area contributed by atoms with Crippen molar-refractivity contribution in [3.63, 3.8) is 0 Å². The van der Waals surface area contributed by atoms with Crippen molar-refractivity contribution in [3.8, 4) is 5.75 Å². The van der Waals surface area contributed by atoms with Crippen LogP contribution in [-0.2, 0) is 41.1 Å². The highest BCUT2D eigenvalue weighted by atomic mass is 16.6. The number of aromatic nitrogens is 1. The molecule has 9 rings (SSSR count). The Morgan fingerprint density at radius 3 is 2.59 bits per heavy atom. The molecule has 1 amide bonds. The van der Waals surface area contributed by atoms with Gasteiger partial charge in [0.1, 0.15) is 23.9 Å². The number of alkyl carbamates (subject to hydrolysis) is 1. The summed E-state index contributed by atoms with van der Waals surface area (Å²) in [7, 11) is 5.10. The van der Waals surface area contributed by atoms with Crippen molar-refractivity contribution in [2.24, 2.45) is 11.3 Å². The van der Waals surface area contributed by atoms with E-state index >= 15 is 4.79 Å². The highest BCUT2D eigenvalue weighted by molar-refractivity contribution is 5.94. The van der Waals surface area contributed by atoms with Gasteiger partial charge in [-0.3, -0.25) is 19.4 Å². The molecule has 6 heterocycles. The summed E-state index contributed by atoms with van der Waals surface area (Å²) >= 11 is 0. The number of para-hydroxylation sites is 1. The van der Waals surface area contributed by atoms with Crippen LogP contribution in [-0.4, -0.2) is 129 Å². The molecule has 6 aliphatic rings. The SMILES string of the molecule is CCCCNC(=O)OCC1(O)[C@H](OC(C)=O)[C@]2(CC)C=CCN3CC[C@@]4(c5cc([C@@]6(C(=O)OC)C[C@@H]7C=C(CC)CN(CCc8c6[nH]c6ccccc86)C7)c(OC)cc5N(C)[C@@H]14)C32. The van der Waals surface area contributed by atoms with E-state index in [-0.39, 0.29) is 17.9 Å². The third kappa shape index (κ3) is 6.37.